The fraction of sp³-hybridized carbons (Fsp3) is 0.867. The third-order valence-electron chi connectivity index (χ3n) is 4.72. The Morgan fingerprint density at radius 3 is 2.19 bits per heavy atom. The summed E-state index contributed by atoms with van der Waals surface area (Å²) in [4.78, 5) is 28.4. The first-order chi connectivity index (χ1) is 10.3. The van der Waals surface area contributed by atoms with E-state index in [0.717, 1.165) is 38.6 Å². The topological polar surface area (TPSA) is 61.9 Å². The minimum Gasteiger partial charge on any atom is -0.368 e. The lowest BCUT2D eigenvalue weighted by molar-refractivity contribution is -0.146. The molecule has 2 unspecified atom stereocenters. The van der Waals surface area contributed by atoms with Crippen molar-refractivity contribution in [2.75, 3.05) is 39.3 Å². The molecule has 6 heteroatoms. The molecule has 0 radical (unpaired) electrons. The Bertz CT molecular complexity index is 382. The van der Waals surface area contributed by atoms with Gasteiger partial charge in [-0.25, -0.2) is 0 Å². The highest BCUT2D eigenvalue weighted by Gasteiger charge is 2.33. The number of piperazine rings is 1. The van der Waals surface area contributed by atoms with Crippen molar-refractivity contribution in [3.63, 3.8) is 0 Å². The van der Waals surface area contributed by atoms with Crippen molar-refractivity contribution < 1.29 is 14.3 Å². The van der Waals surface area contributed by atoms with E-state index < -0.39 is 0 Å². The molecule has 1 N–H and O–H groups in total. The molecule has 0 aliphatic carbocycles. The van der Waals surface area contributed by atoms with Gasteiger partial charge in [-0.2, -0.15) is 0 Å². The Morgan fingerprint density at radius 1 is 0.905 bits per heavy atom. The molecule has 3 aliphatic rings. The average Bonchev–Trinajstić information content (AvgIpc) is 3.09. The zero-order chi connectivity index (χ0) is 14.7. The quantitative estimate of drug-likeness (QED) is 0.778. The van der Waals surface area contributed by atoms with E-state index in [1.165, 1.54) is 0 Å². The molecule has 118 valence electrons. The molecule has 0 spiro atoms. The van der Waals surface area contributed by atoms with Crippen LogP contribution in [0.25, 0.3) is 0 Å². The molecule has 0 saturated carbocycles. The summed E-state index contributed by atoms with van der Waals surface area (Å²) in [6, 6.07) is -0.0147. The second-order valence-electron chi connectivity index (χ2n) is 6.15. The molecule has 21 heavy (non-hydrogen) atoms. The van der Waals surface area contributed by atoms with Gasteiger partial charge in [0, 0.05) is 32.8 Å². The number of rotatable bonds is 2. The predicted octanol–water partition coefficient (Wildman–Crippen LogP) is -0.0217. The van der Waals surface area contributed by atoms with Crippen LogP contribution in [-0.4, -0.2) is 73.1 Å². The van der Waals surface area contributed by atoms with Crippen LogP contribution in [0.3, 0.4) is 0 Å². The Kier molecular flexibility index (Phi) is 4.75. The Labute approximate surface area is 125 Å². The van der Waals surface area contributed by atoms with Gasteiger partial charge in [-0.05, 0) is 32.2 Å². The van der Waals surface area contributed by atoms with Crippen LogP contribution in [-0.2, 0) is 14.3 Å². The van der Waals surface area contributed by atoms with Crippen LogP contribution in [0.2, 0.25) is 0 Å². The van der Waals surface area contributed by atoms with Crippen LogP contribution < -0.4 is 5.32 Å². The molecule has 3 saturated heterocycles. The molecule has 3 aliphatic heterocycles. The first kappa shape index (κ1) is 14.8. The van der Waals surface area contributed by atoms with E-state index in [1.807, 2.05) is 9.80 Å². The number of hydrogen-bond acceptors (Lipinski definition) is 4. The van der Waals surface area contributed by atoms with Gasteiger partial charge < -0.3 is 19.9 Å². The summed E-state index contributed by atoms with van der Waals surface area (Å²) in [5, 5.41) is 3.30. The van der Waals surface area contributed by atoms with Crippen molar-refractivity contribution in [2.24, 2.45) is 0 Å². The van der Waals surface area contributed by atoms with Gasteiger partial charge in [0.1, 0.15) is 6.10 Å². The number of amides is 2. The van der Waals surface area contributed by atoms with E-state index in [0.29, 0.717) is 32.8 Å². The Hall–Kier alpha value is -1.14. The Balaban J connectivity index is 1.48. The lowest BCUT2D eigenvalue weighted by atomic mass is 10.0. The average molecular weight is 295 g/mol. The molecule has 2 atom stereocenters. The molecule has 3 heterocycles. The van der Waals surface area contributed by atoms with Gasteiger partial charge in [-0.1, -0.05) is 6.42 Å². The van der Waals surface area contributed by atoms with E-state index >= 15 is 0 Å². The lowest BCUT2D eigenvalue weighted by Crippen LogP contribution is -2.57. The summed E-state index contributed by atoms with van der Waals surface area (Å²) < 4.78 is 5.46. The van der Waals surface area contributed by atoms with E-state index in [2.05, 4.69) is 5.32 Å². The van der Waals surface area contributed by atoms with Crippen molar-refractivity contribution in [3.05, 3.63) is 0 Å². The summed E-state index contributed by atoms with van der Waals surface area (Å²) >= 11 is 0. The largest absolute Gasteiger partial charge is 0.368 e. The predicted molar refractivity (Wildman–Crippen MR) is 77.8 cm³/mol. The smallest absolute Gasteiger partial charge is 0.251 e. The van der Waals surface area contributed by atoms with Gasteiger partial charge in [-0.3, -0.25) is 9.59 Å². The second kappa shape index (κ2) is 6.75. The molecule has 0 aromatic carbocycles. The highest BCUT2D eigenvalue weighted by atomic mass is 16.5. The van der Waals surface area contributed by atoms with Crippen molar-refractivity contribution >= 4 is 11.8 Å². The standard InChI is InChI=1S/C15H25N3O3/c19-14(12-4-1-2-6-16-12)17-7-9-18(10-8-17)15(20)13-5-3-11-21-13/h12-13,16H,1-11H2. The third-order valence-corrected chi connectivity index (χ3v) is 4.72. The number of hydrogen-bond donors (Lipinski definition) is 1. The first-order valence-corrected chi connectivity index (χ1v) is 8.18. The van der Waals surface area contributed by atoms with Crippen LogP contribution in [0.1, 0.15) is 32.1 Å². The summed E-state index contributed by atoms with van der Waals surface area (Å²) in [5.74, 6) is 0.314. The fourth-order valence-corrected chi connectivity index (χ4v) is 3.41. The number of nitrogens with zero attached hydrogens (tertiary/aromatic N) is 2. The summed E-state index contributed by atoms with van der Waals surface area (Å²) in [6.07, 6.45) is 4.79. The molecule has 2 amide bonds. The minimum absolute atomic E-state index is 0.0147. The van der Waals surface area contributed by atoms with Gasteiger partial charge in [0.25, 0.3) is 5.91 Å². The monoisotopic (exact) mass is 295 g/mol. The maximum atomic E-state index is 12.4. The van der Waals surface area contributed by atoms with Crippen LogP contribution in [0.4, 0.5) is 0 Å². The van der Waals surface area contributed by atoms with Crippen molar-refractivity contribution in [3.8, 4) is 0 Å². The number of piperidine rings is 1. The number of ether oxygens (including phenoxy) is 1. The van der Waals surface area contributed by atoms with Gasteiger partial charge in [0.2, 0.25) is 5.91 Å². The lowest BCUT2D eigenvalue weighted by Gasteiger charge is -2.38. The van der Waals surface area contributed by atoms with E-state index in [-0.39, 0.29) is 24.0 Å². The molecule has 0 aromatic rings. The van der Waals surface area contributed by atoms with Crippen molar-refractivity contribution in [1.29, 1.82) is 0 Å². The van der Waals surface area contributed by atoms with Gasteiger partial charge in [0.05, 0.1) is 6.04 Å². The van der Waals surface area contributed by atoms with Crippen molar-refractivity contribution in [1.82, 2.24) is 15.1 Å². The molecule has 3 fully saturated rings. The highest BCUT2D eigenvalue weighted by Crippen LogP contribution is 2.17. The minimum atomic E-state index is -0.243. The molecular formula is C15H25N3O3. The Morgan fingerprint density at radius 2 is 1.62 bits per heavy atom. The number of carbonyl (C=O) groups is 2. The molecule has 3 rings (SSSR count). The maximum Gasteiger partial charge on any atom is 0.251 e. The normalized spacial score (nSPS) is 30.5. The third kappa shape index (κ3) is 3.37. The highest BCUT2D eigenvalue weighted by molar-refractivity contribution is 5.83. The number of nitrogens with one attached hydrogen (secondary N) is 1. The number of carbonyl (C=O) groups excluding carboxylic acids is 2. The molecule has 0 bridgehead atoms. The molecule has 6 nitrogen and oxygen atoms in total. The second-order valence-corrected chi connectivity index (χ2v) is 6.15. The van der Waals surface area contributed by atoms with E-state index in [1.54, 1.807) is 0 Å². The van der Waals surface area contributed by atoms with E-state index in [4.69, 9.17) is 4.74 Å². The summed E-state index contributed by atoms with van der Waals surface area (Å²) in [6.45, 7) is 4.20. The van der Waals surface area contributed by atoms with Crippen LogP contribution in [0.15, 0.2) is 0 Å². The van der Waals surface area contributed by atoms with Crippen LogP contribution in [0.5, 0.6) is 0 Å². The zero-order valence-corrected chi connectivity index (χ0v) is 12.6. The fourth-order valence-electron chi connectivity index (χ4n) is 3.41. The molecule has 0 aromatic heterocycles. The van der Waals surface area contributed by atoms with Gasteiger partial charge in [0.15, 0.2) is 0 Å². The van der Waals surface area contributed by atoms with Crippen LogP contribution in [0, 0.1) is 0 Å². The van der Waals surface area contributed by atoms with Crippen molar-refractivity contribution in [2.45, 2.75) is 44.2 Å². The van der Waals surface area contributed by atoms with E-state index in [9.17, 15) is 9.59 Å². The summed E-state index contributed by atoms with van der Waals surface area (Å²) in [5.41, 5.74) is 0. The molecular weight excluding hydrogens is 270 g/mol. The van der Waals surface area contributed by atoms with Gasteiger partial charge >= 0.3 is 0 Å². The first-order valence-electron chi connectivity index (χ1n) is 8.18. The maximum absolute atomic E-state index is 12.4. The van der Waals surface area contributed by atoms with Crippen LogP contribution >= 0.6 is 0 Å². The van der Waals surface area contributed by atoms with Gasteiger partial charge in [-0.15, -0.1) is 0 Å². The SMILES string of the molecule is O=C(C1CCCCN1)N1CCN(C(=O)C2CCCO2)CC1. The summed E-state index contributed by atoms with van der Waals surface area (Å²) in [7, 11) is 0. The zero-order valence-electron chi connectivity index (χ0n) is 12.6.